The first-order chi connectivity index (χ1) is 9.83. The predicted molar refractivity (Wildman–Crippen MR) is 80.3 cm³/mol. The van der Waals surface area contributed by atoms with Crippen LogP contribution in [0.25, 0.3) is 0 Å². The summed E-state index contributed by atoms with van der Waals surface area (Å²) < 4.78 is 29.4. The number of ether oxygens (including phenoxy) is 1. The first kappa shape index (κ1) is 17.7. The highest BCUT2D eigenvalue weighted by atomic mass is 32.2. The minimum Gasteiger partial charge on any atom is -0.478 e. The molecular weight excluding hydrogens is 292 g/mol. The minimum atomic E-state index is -3.42. The van der Waals surface area contributed by atoms with Crippen molar-refractivity contribution in [3.8, 4) is 0 Å². The van der Waals surface area contributed by atoms with Crippen LogP contribution in [0.3, 0.4) is 0 Å². The Morgan fingerprint density at radius 1 is 1.19 bits per heavy atom. The van der Waals surface area contributed by atoms with E-state index in [-0.39, 0.29) is 22.8 Å². The van der Waals surface area contributed by atoms with Crippen molar-refractivity contribution in [2.75, 3.05) is 19.0 Å². The van der Waals surface area contributed by atoms with Gasteiger partial charge in [0.15, 0.2) is 9.84 Å². The standard InChI is InChI=1S/C15H22O5S/c1-12(2)4-3-9-20-10-11-21(18,19)14-7-5-13(6-8-14)15(16)17/h5-8,12H,3-4,9-11H2,1-2H3,(H,16,17). The largest absolute Gasteiger partial charge is 0.478 e. The van der Waals surface area contributed by atoms with Gasteiger partial charge in [0.1, 0.15) is 0 Å². The molecule has 0 unspecified atom stereocenters. The summed E-state index contributed by atoms with van der Waals surface area (Å²) in [4.78, 5) is 10.8. The Hall–Kier alpha value is -1.40. The van der Waals surface area contributed by atoms with Gasteiger partial charge in [-0.2, -0.15) is 0 Å². The van der Waals surface area contributed by atoms with Crippen molar-refractivity contribution < 1.29 is 23.1 Å². The second kappa shape index (κ2) is 8.14. The molecule has 0 heterocycles. The lowest BCUT2D eigenvalue weighted by Crippen LogP contribution is -2.13. The van der Waals surface area contributed by atoms with Gasteiger partial charge in [-0.1, -0.05) is 13.8 Å². The van der Waals surface area contributed by atoms with Crippen molar-refractivity contribution >= 4 is 15.8 Å². The lowest BCUT2D eigenvalue weighted by atomic mass is 10.1. The Labute approximate surface area is 125 Å². The maximum atomic E-state index is 12.0. The number of hydrogen-bond acceptors (Lipinski definition) is 4. The molecule has 6 heteroatoms. The molecule has 0 saturated carbocycles. The Kier molecular flexibility index (Phi) is 6.84. The van der Waals surface area contributed by atoms with E-state index in [1.165, 1.54) is 24.3 Å². The topological polar surface area (TPSA) is 80.7 Å². The molecule has 1 aromatic carbocycles. The van der Waals surface area contributed by atoms with E-state index in [0.29, 0.717) is 12.5 Å². The number of hydrogen-bond donors (Lipinski definition) is 1. The molecule has 0 aliphatic heterocycles. The third-order valence-electron chi connectivity index (χ3n) is 3.03. The SMILES string of the molecule is CC(C)CCCOCCS(=O)(=O)c1ccc(C(=O)O)cc1. The van der Waals surface area contributed by atoms with Crippen LogP contribution in [0.2, 0.25) is 0 Å². The van der Waals surface area contributed by atoms with Crippen molar-refractivity contribution in [2.45, 2.75) is 31.6 Å². The van der Waals surface area contributed by atoms with Gasteiger partial charge < -0.3 is 9.84 Å². The van der Waals surface area contributed by atoms with Gasteiger partial charge in [0.05, 0.1) is 22.8 Å². The lowest BCUT2D eigenvalue weighted by Gasteiger charge is -2.07. The summed E-state index contributed by atoms with van der Waals surface area (Å²) in [6, 6.07) is 5.21. The second-order valence-electron chi connectivity index (χ2n) is 5.30. The molecule has 0 aromatic heterocycles. The zero-order chi connectivity index (χ0) is 15.9. The van der Waals surface area contributed by atoms with Gasteiger partial charge >= 0.3 is 5.97 Å². The van der Waals surface area contributed by atoms with Gasteiger partial charge in [-0.3, -0.25) is 0 Å². The molecule has 0 spiro atoms. The molecule has 0 saturated heterocycles. The van der Waals surface area contributed by atoms with Crippen LogP contribution in [-0.4, -0.2) is 38.5 Å². The molecular formula is C15H22O5S. The van der Waals surface area contributed by atoms with Crippen molar-refractivity contribution in [2.24, 2.45) is 5.92 Å². The fourth-order valence-electron chi connectivity index (χ4n) is 1.79. The number of carbonyl (C=O) groups is 1. The average Bonchev–Trinajstić information content (AvgIpc) is 2.42. The average molecular weight is 314 g/mol. The number of rotatable bonds is 9. The molecule has 1 N–H and O–H groups in total. The maximum absolute atomic E-state index is 12.0. The van der Waals surface area contributed by atoms with Gasteiger partial charge in [0, 0.05) is 6.61 Å². The number of carboxylic acids is 1. The summed E-state index contributed by atoms with van der Waals surface area (Å²) in [6.07, 6.45) is 1.98. The van der Waals surface area contributed by atoms with Gasteiger partial charge in [-0.05, 0) is 43.0 Å². The molecule has 0 fully saturated rings. The van der Waals surface area contributed by atoms with E-state index in [2.05, 4.69) is 13.8 Å². The minimum absolute atomic E-state index is 0.0684. The molecule has 5 nitrogen and oxygen atoms in total. The van der Waals surface area contributed by atoms with E-state index in [9.17, 15) is 13.2 Å². The fourth-order valence-corrected chi connectivity index (χ4v) is 2.91. The van der Waals surface area contributed by atoms with Crippen molar-refractivity contribution in [3.05, 3.63) is 29.8 Å². The summed E-state index contributed by atoms with van der Waals surface area (Å²) in [5.74, 6) is -0.557. The molecule has 1 aromatic rings. The van der Waals surface area contributed by atoms with E-state index < -0.39 is 15.8 Å². The van der Waals surface area contributed by atoms with Crippen LogP contribution in [0.4, 0.5) is 0 Å². The monoisotopic (exact) mass is 314 g/mol. The van der Waals surface area contributed by atoms with Gasteiger partial charge in [-0.15, -0.1) is 0 Å². The second-order valence-corrected chi connectivity index (χ2v) is 7.41. The zero-order valence-corrected chi connectivity index (χ0v) is 13.2. The van der Waals surface area contributed by atoms with Crippen LogP contribution in [0, 0.1) is 5.92 Å². The van der Waals surface area contributed by atoms with Gasteiger partial charge in [0.2, 0.25) is 0 Å². The van der Waals surface area contributed by atoms with Crippen molar-refractivity contribution in [1.29, 1.82) is 0 Å². The Balaban J connectivity index is 2.44. The molecule has 0 atom stereocenters. The van der Waals surface area contributed by atoms with E-state index in [1.807, 2.05) is 0 Å². The fraction of sp³-hybridized carbons (Fsp3) is 0.533. The Bertz CT molecular complexity index is 546. The van der Waals surface area contributed by atoms with Crippen LogP contribution >= 0.6 is 0 Å². The third-order valence-corrected chi connectivity index (χ3v) is 4.72. The summed E-state index contributed by atoms with van der Waals surface area (Å²) in [5.41, 5.74) is 0.0684. The molecule has 118 valence electrons. The van der Waals surface area contributed by atoms with Crippen LogP contribution in [0.15, 0.2) is 29.2 Å². The molecule has 0 bridgehead atoms. The highest BCUT2D eigenvalue weighted by Gasteiger charge is 2.15. The highest BCUT2D eigenvalue weighted by Crippen LogP contribution is 2.13. The predicted octanol–water partition coefficient (Wildman–Crippen LogP) is 2.61. The molecule has 0 amide bonds. The third kappa shape index (κ3) is 6.27. The van der Waals surface area contributed by atoms with E-state index in [1.54, 1.807) is 0 Å². The van der Waals surface area contributed by atoms with Crippen LogP contribution in [-0.2, 0) is 14.6 Å². The summed E-state index contributed by atoms with van der Waals surface area (Å²) in [7, 11) is -3.42. The summed E-state index contributed by atoms with van der Waals surface area (Å²) in [6.45, 7) is 4.98. The summed E-state index contributed by atoms with van der Waals surface area (Å²) >= 11 is 0. The molecule has 0 radical (unpaired) electrons. The summed E-state index contributed by atoms with van der Waals surface area (Å²) in [5, 5.41) is 8.77. The zero-order valence-electron chi connectivity index (χ0n) is 12.4. The number of benzene rings is 1. The Morgan fingerprint density at radius 3 is 2.33 bits per heavy atom. The van der Waals surface area contributed by atoms with Gasteiger partial charge in [-0.25, -0.2) is 13.2 Å². The number of aromatic carboxylic acids is 1. The molecule has 21 heavy (non-hydrogen) atoms. The molecule has 0 aliphatic carbocycles. The Morgan fingerprint density at radius 2 is 1.81 bits per heavy atom. The number of sulfone groups is 1. The first-order valence-corrected chi connectivity index (χ1v) is 8.62. The normalized spacial score (nSPS) is 11.8. The van der Waals surface area contributed by atoms with Crippen LogP contribution < -0.4 is 0 Å². The number of carboxylic acid groups (broad SMARTS) is 1. The van der Waals surface area contributed by atoms with Crippen LogP contribution in [0.5, 0.6) is 0 Å². The molecule has 1 rings (SSSR count). The smallest absolute Gasteiger partial charge is 0.335 e. The van der Waals surface area contributed by atoms with E-state index in [0.717, 1.165) is 12.8 Å². The van der Waals surface area contributed by atoms with Crippen LogP contribution in [0.1, 0.15) is 37.0 Å². The maximum Gasteiger partial charge on any atom is 0.335 e. The van der Waals surface area contributed by atoms with Crippen molar-refractivity contribution in [3.63, 3.8) is 0 Å². The van der Waals surface area contributed by atoms with E-state index in [4.69, 9.17) is 9.84 Å². The lowest BCUT2D eigenvalue weighted by molar-refractivity contribution is 0.0696. The molecule has 0 aliphatic rings. The van der Waals surface area contributed by atoms with E-state index >= 15 is 0 Å². The first-order valence-electron chi connectivity index (χ1n) is 6.97. The van der Waals surface area contributed by atoms with Gasteiger partial charge in [0.25, 0.3) is 0 Å². The quantitative estimate of drug-likeness (QED) is 0.709. The highest BCUT2D eigenvalue weighted by molar-refractivity contribution is 7.91. The van der Waals surface area contributed by atoms with Crippen molar-refractivity contribution in [1.82, 2.24) is 0 Å².